The molecule has 0 spiro atoms. The second-order valence-electron chi connectivity index (χ2n) is 6.24. The van der Waals surface area contributed by atoms with Gasteiger partial charge in [0.25, 0.3) is 0 Å². The lowest BCUT2D eigenvalue weighted by Crippen LogP contribution is -2.01. The van der Waals surface area contributed by atoms with Gasteiger partial charge in [0.1, 0.15) is 17.4 Å². The molecule has 0 amide bonds. The summed E-state index contributed by atoms with van der Waals surface area (Å²) in [7, 11) is 0. The Balaban J connectivity index is 1.59. The maximum Gasteiger partial charge on any atom is 0.191 e. The minimum atomic E-state index is -0.0523. The second kappa shape index (κ2) is 8.20. The average Bonchev–Trinajstić information content (AvgIpc) is 3.37. The quantitative estimate of drug-likeness (QED) is 0.281. The average molecular weight is 402 g/mol. The van der Waals surface area contributed by atoms with E-state index in [1.807, 2.05) is 66.1 Å². The van der Waals surface area contributed by atoms with E-state index in [0.29, 0.717) is 17.5 Å². The highest BCUT2D eigenvalue weighted by Crippen LogP contribution is 2.27. The van der Waals surface area contributed by atoms with Crippen molar-refractivity contribution in [3.05, 3.63) is 66.2 Å². The number of imidazole rings is 1. The van der Waals surface area contributed by atoms with E-state index in [1.54, 1.807) is 0 Å². The molecule has 2 N–H and O–H groups in total. The number of aliphatic hydroxyl groups is 1. The number of para-hydroxylation sites is 2. The first kappa shape index (κ1) is 18.8. The Morgan fingerprint density at radius 2 is 1.90 bits per heavy atom. The first-order chi connectivity index (χ1) is 14.2. The highest BCUT2D eigenvalue weighted by atomic mass is 32.2. The van der Waals surface area contributed by atoms with Crippen molar-refractivity contribution in [1.82, 2.24) is 24.7 Å². The Bertz CT molecular complexity index is 1190. The summed E-state index contributed by atoms with van der Waals surface area (Å²) in [5.41, 5.74) is 2.66. The number of aromatic nitrogens is 5. The molecule has 7 nitrogen and oxygen atoms in total. The van der Waals surface area contributed by atoms with Crippen LogP contribution in [0.1, 0.15) is 12.7 Å². The molecule has 4 aromatic rings. The molecule has 0 aliphatic rings. The van der Waals surface area contributed by atoms with Crippen LogP contribution in [0.5, 0.6) is 0 Å². The van der Waals surface area contributed by atoms with E-state index in [9.17, 15) is 10.4 Å². The zero-order valence-electron chi connectivity index (χ0n) is 15.7. The zero-order valence-corrected chi connectivity index (χ0v) is 16.5. The maximum atomic E-state index is 10.6. The van der Waals surface area contributed by atoms with Crippen LogP contribution in [-0.2, 0) is 6.54 Å². The van der Waals surface area contributed by atoms with Crippen molar-refractivity contribution in [3.63, 3.8) is 0 Å². The molecular formula is C21H18N6OS. The number of aliphatic hydroxyl groups excluding tert-OH is 1. The van der Waals surface area contributed by atoms with Crippen LogP contribution >= 0.6 is 11.8 Å². The van der Waals surface area contributed by atoms with Crippen molar-refractivity contribution >= 4 is 28.4 Å². The van der Waals surface area contributed by atoms with Crippen molar-refractivity contribution in [2.75, 3.05) is 5.75 Å². The predicted octanol–water partition coefficient (Wildman–Crippen LogP) is 4.43. The highest BCUT2D eigenvalue weighted by Gasteiger charge is 2.17. The van der Waals surface area contributed by atoms with Gasteiger partial charge in [-0.3, -0.25) is 0 Å². The zero-order chi connectivity index (χ0) is 20.2. The van der Waals surface area contributed by atoms with Gasteiger partial charge in [-0.05, 0) is 19.1 Å². The van der Waals surface area contributed by atoms with Crippen LogP contribution in [0.2, 0.25) is 0 Å². The van der Waals surface area contributed by atoms with Crippen LogP contribution in [0.3, 0.4) is 0 Å². The molecular weight excluding hydrogens is 384 g/mol. The van der Waals surface area contributed by atoms with E-state index in [0.717, 1.165) is 22.4 Å². The van der Waals surface area contributed by atoms with Gasteiger partial charge in [0.05, 0.1) is 16.8 Å². The smallest absolute Gasteiger partial charge is 0.191 e. The Morgan fingerprint density at radius 3 is 2.62 bits per heavy atom. The topological polar surface area (TPSA) is 103 Å². The summed E-state index contributed by atoms with van der Waals surface area (Å²) in [4.78, 5) is 7.48. The molecule has 2 aromatic heterocycles. The fraction of sp³-hybridized carbons (Fsp3) is 0.143. The third-order valence-electron chi connectivity index (χ3n) is 4.43. The molecule has 2 aromatic carbocycles. The summed E-state index contributed by atoms with van der Waals surface area (Å²) in [5, 5.41) is 29.4. The number of nitrogens with zero attached hydrogens (tertiary/aromatic N) is 5. The Kier molecular flexibility index (Phi) is 5.31. The number of aromatic amines is 1. The van der Waals surface area contributed by atoms with E-state index in [1.165, 1.54) is 11.8 Å². The monoisotopic (exact) mass is 402 g/mol. The van der Waals surface area contributed by atoms with Crippen LogP contribution in [0.4, 0.5) is 0 Å². The molecule has 29 heavy (non-hydrogen) atoms. The van der Waals surface area contributed by atoms with Crippen molar-refractivity contribution in [3.8, 4) is 17.5 Å². The molecule has 0 fully saturated rings. The third kappa shape index (κ3) is 3.73. The SMILES string of the molecule is CCn1c(SC/C(O)=C(/C#N)c2nc3ccccc3[nH]2)nnc1-c1ccccc1. The summed E-state index contributed by atoms with van der Waals surface area (Å²) in [6, 6.07) is 19.4. The van der Waals surface area contributed by atoms with Gasteiger partial charge in [0, 0.05) is 12.1 Å². The molecule has 4 rings (SSSR count). The van der Waals surface area contributed by atoms with Crippen LogP contribution in [0.25, 0.3) is 28.0 Å². The number of allylic oxidation sites excluding steroid dienone is 1. The first-order valence-corrected chi connectivity index (χ1v) is 10.1. The van der Waals surface area contributed by atoms with Gasteiger partial charge >= 0.3 is 0 Å². The van der Waals surface area contributed by atoms with Gasteiger partial charge in [0.2, 0.25) is 0 Å². The van der Waals surface area contributed by atoms with E-state index < -0.39 is 0 Å². The first-order valence-electron chi connectivity index (χ1n) is 9.10. The van der Waals surface area contributed by atoms with E-state index in [-0.39, 0.29) is 17.1 Å². The molecule has 0 saturated carbocycles. The van der Waals surface area contributed by atoms with Gasteiger partial charge in [-0.15, -0.1) is 10.2 Å². The fourth-order valence-electron chi connectivity index (χ4n) is 3.01. The number of hydrogen-bond donors (Lipinski definition) is 2. The van der Waals surface area contributed by atoms with Gasteiger partial charge in [-0.2, -0.15) is 5.26 Å². The minimum Gasteiger partial charge on any atom is -0.510 e. The summed E-state index contributed by atoms with van der Waals surface area (Å²) in [6.45, 7) is 2.71. The molecule has 0 unspecified atom stereocenters. The third-order valence-corrected chi connectivity index (χ3v) is 5.41. The van der Waals surface area contributed by atoms with Crippen molar-refractivity contribution in [2.45, 2.75) is 18.6 Å². The summed E-state index contributed by atoms with van der Waals surface area (Å²) >= 11 is 1.33. The Morgan fingerprint density at radius 1 is 1.14 bits per heavy atom. The lowest BCUT2D eigenvalue weighted by Gasteiger charge is -2.07. The molecule has 144 valence electrons. The number of benzene rings is 2. The minimum absolute atomic E-state index is 0.0523. The number of nitriles is 1. The van der Waals surface area contributed by atoms with E-state index >= 15 is 0 Å². The Hall–Kier alpha value is -3.57. The van der Waals surface area contributed by atoms with Gasteiger partial charge < -0.3 is 14.7 Å². The molecule has 8 heteroatoms. The number of rotatable bonds is 6. The maximum absolute atomic E-state index is 10.6. The van der Waals surface area contributed by atoms with Crippen molar-refractivity contribution in [2.24, 2.45) is 0 Å². The van der Waals surface area contributed by atoms with Crippen molar-refractivity contribution in [1.29, 1.82) is 5.26 Å². The number of H-pyrrole nitrogens is 1. The predicted molar refractivity (Wildman–Crippen MR) is 113 cm³/mol. The van der Waals surface area contributed by atoms with Gasteiger partial charge in [0.15, 0.2) is 16.8 Å². The molecule has 0 aliphatic heterocycles. The van der Waals surface area contributed by atoms with Crippen LogP contribution in [-0.4, -0.2) is 35.6 Å². The van der Waals surface area contributed by atoms with Crippen LogP contribution in [0.15, 0.2) is 65.5 Å². The van der Waals surface area contributed by atoms with Crippen molar-refractivity contribution < 1.29 is 5.11 Å². The number of fused-ring (bicyclic) bond motifs is 1. The molecule has 0 saturated heterocycles. The summed E-state index contributed by atoms with van der Waals surface area (Å²) in [6.07, 6.45) is 0. The number of thioether (sulfide) groups is 1. The van der Waals surface area contributed by atoms with E-state index in [2.05, 4.69) is 26.2 Å². The normalized spacial score (nSPS) is 12.0. The molecule has 0 bridgehead atoms. The molecule has 0 atom stereocenters. The summed E-state index contributed by atoms with van der Waals surface area (Å²) < 4.78 is 1.99. The van der Waals surface area contributed by atoms with E-state index in [4.69, 9.17) is 0 Å². The van der Waals surface area contributed by atoms with Crippen LogP contribution in [0, 0.1) is 11.3 Å². The van der Waals surface area contributed by atoms with Gasteiger partial charge in [-0.1, -0.05) is 54.2 Å². The largest absolute Gasteiger partial charge is 0.510 e. The molecule has 0 radical (unpaired) electrons. The second-order valence-corrected chi connectivity index (χ2v) is 7.18. The lowest BCUT2D eigenvalue weighted by molar-refractivity contribution is 0.420. The highest BCUT2D eigenvalue weighted by molar-refractivity contribution is 7.99. The van der Waals surface area contributed by atoms with Gasteiger partial charge in [-0.25, -0.2) is 4.98 Å². The molecule has 2 heterocycles. The number of hydrogen-bond acceptors (Lipinski definition) is 6. The standard InChI is InChI=1S/C21H18N6OS/c1-2-27-20(14-8-4-3-5-9-14)25-26-21(27)29-13-18(28)15(12-22)19-23-16-10-6-7-11-17(16)24-19/h3-11,28H,2,13H2,1H3,(H,23,24)/b18-15+. The number of nitrogens with one attached hydrogen (secondary N) is 1. The fourth-order valence-corrected chi connectivity index (χ4v) is 3.89. The molecule has 0 aliphatic carbocycles. The lowest BCUT2D eigenvalue weighted by atomic mass is 10.2. The Labute approximate surface area is 171 Å². The summed E-state index contributed by atoms with van der Waals surface area (Å²) in [5.74, 6) is 1.27. The van der Waals surface area contributed by atoms with Crippen LogP contribution < -0.4 is 0 Å².